The lowest BCUT2D eigenvalue weighted by Gasteiger charge is -2.49. The highest BCUT2D eigenvalue weighted by Crippen LogP contribution is 2.60. The summed E-state index contributed by atoms with van der Waals surface area (Å²) in [5.41, 5.74) is 1.58. The highest BCUT2D eigenvalue weighted by atomic mass is 32.2. The van der Waals surface area contributed by atoms with E-state index >= 15 is 0 Å². The molecule has 2 heterocycles. The number of ether oxygens (including phenoxy) is 1. The molecule has 0 saturated carbocycles. The van der Waals surface area contributed by atoms with E-state index in [1.54, 1.807) is 0 Å². The normalized spacial score (nSPS) is 34.1. The van der Waals surface area contributed by atoms with E-state index in [9.17, 15) is 0 Å². The SMILES string of the molecule is CC[C@@]12NCCC[C@]1(COC)Sc1ccccc12. The summed E-state index contributed by atoms with van der Waals surface area (Å²) in [6.45, 7) is 4.24. The first-order valence-corrected chi connectivity index (χ1v) is 7.62. The molecule has 3 heteroatoms. The summed E-state index contributed by atoms with van der Waals surface area (Å²) in [4.78, 5) is 1.44. The highest BCUT2D eigenvalue weighted by Gasteiger charge is 2.58. The lowest BCUT2D eigenvalue weighted by atomic mass is 9.71. The summed E-state index contributed by atoms with van der Waals surface area (Å²) in [6, 6.07) is 8.86. The van der Waals surface area contributed by atoms with Gasteiger partial charge in [-0.15, -0.1) is 11.8 Å². The molecule has 18 heavy (non-hydrogen) atoms. The Bertz CT molecular complexity index is 446. The van der Waals surface area contributed by atoms with Crippen molar-refractivity contribution in [1.29, 1.82) is 0 Å². The fourth-order valence-corrected chi connectivity index (χ4v) is 5.59. The van der Waals surface area contributed by atoms with Gasteiger partial charge in [0.05, 0.1) is 16.9 Å². The zero-order valence-electron chi connectivity index (χ0n) is 11.2. The second kappa shape index (κ2) is 4.55. The van der Waals surface area contributed by atoms with Crippen LogP contribution in [0.15, 0.2) is 29.2 Å². The molecule has 2 aliphatic rings. The van der Waals surface area contributed by atoms with Crippen LogP contribution in [0.4, 0.5) is 0 Å². The fraction of sp³-hybridized carbons (Fsp3) is 0.600. The van der Waals surface area contributed by atoms with Crippen molar-refractivity contribution in [3.8, 4) is 0 Å². The lowest BCUT2D eigenvalue weighted by Crippen LogP contribution is -2.61. The molecule has 0 bridgehead atoms. The quantitative estimate of drug-likeness (QED) is 0.905. The van der Waals surface area contributed by atoms with Crippen LogP contribution in [-0.2, 0) is 10.3 Å². The van der Waals surface area contributed by atoms with Crippen molar-refractivity contribution in [2.75, 3.05) is 20.3 Å². The standard InChI is InChI=1S/C15H21NOS/c1-3-15-12-7-4-5-8-13(12)18-14(15,11-17-2)9-6-10-16-15/h4-5,7-8,16H,3,6,9-11H2,1-2H3/t14-,15+/m1/s1. The van der Waals surface area contributed by atoms with Gasteiger partial charge in [0.15, 0.2) is 0 Å². The first kappa shape index (κ1) is 12.5. The second-order valence-corrected chi connectivity index (χ2v) is 6.74. The number of thioether (sulfide) groups is 1. The van der Waals surface area contributed by atoms with Crippen LogP contribution in [0.3, 0.4) is 0 Å². The molecule has 0 unspecified atom stereocenters. The van der Waals surface area contributed by atoms with Crippen LogP contribution in [0.25, 0.3) is 0 Å². The highest BCUT2D eigenvalue weighted by molar-refractivity contribution is 8.01. The maximum atomic E-state index is 5.58. The van der Waals surface area contributed by atoms with E-state index in [-0.39, 0.29) is 10.3 Å². The summed E-state index contributed by atoms with van der Waals surface area (Å²) >= 11 is 2.03. The molecular weight excluding hydrogens is 242 g/mol. The first-order valence-electron chi connectivity index (χ1n) is 6.80. The van der Waals surface area contributed by atoms with Gasteiger partial charge in [0.1, 0.15) is 0 Å². The van der Waals surface area contributed by atoms with E-state index in [0.717, 1.165) is 19.6 Å². The Morgan fingerprint density at radius 1 is 1.39 bits per heavy atom. The van der Waals surface area contributed by atoms with Crippen LogP contribution in [-0.4, -0.2) is 25.0 Å². The number of fused-ring (bicyclic) bond motifs is 3. The minimum Gasteiger partial charge on any atom is -0.383 e. The van der Waals surface area contributed by atoms with E-state index in [2.05, 4.69) is 36.5 Å². The molecule has 1 N–H and O–H groups in total. The minimum atomic E-state index is 0.0997. The average molecular weight is 263 g/mol. The van der Waals surface area contributed by atoms with Crippen LogP contribution >= 0.6 is 11.8 Å². The Kier molecular flexibility index (Phi) is 3.16. The summed E-state index contributed by atoms with van der Waals surface area (Å²) < 4.78 is 5.76. The van der Waals surface area contributed by atoms with Gasteiger partial charge in [-0.3, -0.25) is 0 Å². The number of methoxy groups -OCH3 is 1. The third-order valence-corrected chi connectivity index (χ3v) is 6.16. The van der Waals surface area contributed by atoms with E-state index < -0.39 is 0 Å². The topological polar surface area (TPSA) is 21.3 Å². The number of piperidine rings is 1. The molecule has 1 saturated heterocycles. The number of hydrogen-bond acceptors (Lipinski definition) is 3. The summed E-state index contributed by atoms with van der Waals surface area (Å²) in [5.74, 6) is 0. The number of benzene rings is 1. The predicted octanol–water partition coefficient (Wildman–Crippen LogP) is 3.17. The Balaban J connectivity index is 2.14. The van der Waals surface area contributed by atoms with Gasteiger partial charge in [-0.05, 0) is 37.4 Å². The van der Waals surface area contributed by atoms with Gasteiger partial charge in [-0.2, -0.15) is 0 Å². The lowest BCUT2D eigenvalue weighted by molar-refractivity contribution is 0.0852. The van der Waals surface area contributed by atoms with Crippen molar-refractivity contribution in [3.63, 3.8) is 0 Å². The van der Waals surface area contributed by atoms with Crippen LogP contribution in [0.1, 0.15) is 31.7 Å². The Hall–Kier alpha value is -0.510. The third kappa shape index (κ3) is 1.50. The molecule has 2 aliphatic heterocycles. The van der Waals surface area contributed by atoms with Crippen molar-refractivity contribution < 1.29 is 4.74 Å². The fourth-order valence-electron chi connectivity index (χ4n) is 3.74. The number of nitrogens with one attached hydrogen (secondary N) is 1. The molecule has 98 valence electrons. The second-order valence-electron chi connectivity index (χ2n) is 5.31. The molecule has 2 atom stereocenters. The van der Waals surface area contributed by atoms with Crippen molar-refractivity contribution in [3.05, 3.63) is 29.8 Å². The van der Waals surface area contributed by atoms with Crippen molar-refractivity contribution >= 4 is 11.8 Å². The molecule has 0 amide bonds. The van der Waals surface area contributed by atoms with Gasteiger partial charge >= 0.3 is 0 Å². The molecule has 1 aromatic carbocycles. The van der Waals surface area contributed by atoms with Crippen molar-refractivity contribution in [1.82, 2.24) is 5.32 Å². The minimum absolute atomic E-state index is 0.0997. The third-order valence-electron chi connectivity index (χ3n) is 4.52. The maximum absolute atomic E-state index is 5.58. The zero-order chi connectivity index (χ0) is 12.6. The molecule has 0 aromatic heterocycles. The first-order chi connectivity index (χ1) is 8.78. The van der Waals surface area contributed by atoms with E-state index in [4.69, 9.17) is 4.74 Å². The number of rotatable bonds is 3. The van der Waals surface area contributed by atoms with Crippen molar-refractivity contribution in [2.24, 2.45) is 0 Å². The predicted molar refractivity (Wildman–Crippen MR) is 76.1 cm³/mol. The van der Waals surface area contributed by atoms with Gasteiger partial charge in [0.2, 0.25) is 0 Å². The zero-order valence-corrected chi connectivity index (χ0v) is 12.0. The Morgan fingerprint density at radius 2 is 2.22 bits per heavy atom. The van der Waals surface area contributed by atoms with Crippen LogP contribution in [0.5, 0.6) is 0 Å². The average Bonchev–Trinajstić information content (AvgIpc) is 2.69. The van der Waals surface area contributed by atoms with Crippen molar-refractivity contribution in [2.45, 2.75) is 41.4 Å². The molecule has 1 aromatic rings. The monoisotopic (exact) mass is 263 g/mol. The van der Waals surface area contributed by atoms with Gasteiger partial charge in [-0.25, -0.2) is 0 Å². The van der Waals surface area contributed by atoms with Crippen LogP contribution in [0.2, 0.25) is 0 Å². The number of hydrogen-bond donors (Lipinski definition) is 1. The molecule has 0 radical (unpaired) electrons. The molecule has 3 rings (SSSR count). The molecular formula is C15H21NOS. The van der Waals surface area contributed by atoms with Gasteiger partial charge in [0, 0.05) is 12.0 Å². The van der Waals surface area contributed by atoms with Gasteiger partial charge in [-0.1, -0.05) is 25.1 Å². The molecule has 2 nitrogen and oxygen atoms in total. The van der Waals surface area contributed by atoms with Crippen LogP contribution < -0.4 is 5.32 Å². The van der Waals surface area contributed by atoms with E-state index in [1.165, 1.54) is 23.3 Å². The Labute approximate surface area is 113 Å². The summed E-state index contributed by atoms with van der Waals surface area (Å²) in [5, 5.41) is 3.83. The van der Waals surface area contributed by atoms with E-state index in [0.29, 0.717) is 0 Å². The smallest absolute Gasteiger partial charge is 0.0663 e. The Morgan fingerprint density at radius 3 is 3.00 bits per heavy atom. The van der Waals surface area contributed by atoms with Crippen LogP contribution in [0, 0.1) is 0 Å². The van der Waals surface area contributed by atoms with Gasteiger partial charge < -0.3 is 10.1 Å². The molecule has 0 spiro atoms. The molecule has 0 aliphatic carbocycles. The summed E-state index contributed by atoms with van der Waals surface area (Å²) in [6.07, 6.45) is 3.60. The maximum Gasteiger partial charge on any atom is 0.0663 e. The van der Waals surface area contributed by atoms with Gasteiger partial charge in [0.25, 0.3) is 0 Å². The summed E-state index contributed by atoms with van der Waals surface area (Å²) in [7, 11) is 1.83. The van der Waals surface area contributed by atoms with E-state index in [1.807, 2.05) is 18.9 Å². The largest absolute Gasteiger partial charge is 0.383 e. The molecule has 1 fully saturated rings.